The number of nitrogens with zero attached hydrogens (tertiary/aromatic N) is 3. The Labute approximate surface area is 474 Å². The van der Waals surface area contributed by atoms with Crippen molar-refractivity contribution in [3.05, 3.63) is 153 Å². The van der Waals surface area contributed by atoms with Crippen LogP contribution in [0, 0.1) is 35.3 Å². The first kappa shape index (κ1) is 54.7. The Kier molecular flexibility index (Phi) is 13.5. The quantitative estimate of drug-likeness (QED) is 0.0929. The molecule has 7 aliphatic rings. The number of anilines is 2. The van der Waals surface area contributed by atoms with Crippen molar-refractivity contribution >= 4 is 46.9 Å². The summed E-state index contributed by atoms with van der Waals surface area (Å²) in [6.45, 7) is 10.6. The van der Waals surface area contributed by atoms with E-state index in [-0.39, 0.29) is 71.0 Å². The number of carbonyl (C=O) groups excluding carboxylic acids is 5. The van der Waals surface area contributed by atoms with E-state index in [1.165, 1.54) is 31.4 Å². The van der Waals surface area contributed by atoms with Gasteiger partial charge in [0.05, 0.1) is 20.8 Å². The molecule has 13 rings (SSSR count). The molecule has 9 heterocycles. The molecule has 0 saturated carbocycles. The zero-order valence-electron chi connectivity index (χ0n) is 46.5. The maximum atomic E-state index is 14.9. The van der Waals surface area contributed by atoms with Gasteiger partial charge >= 0.3 is 11.9 Å². The maximum Gasteiger partial charge on any atom is 0.334 e. The Hall–Kier alpha value is -8.86. The van der Waals surface area contributed by atoms with E-state index in [2.05, 4.69) is 36.6 Å². The smallest absolute Gasteiger partial charge is 0.334 e. The summed E-state index contributed by atoms with van der Waals surface area (Å²) in [6, 6.07) is 16.6. The highest BCUT2D eigenvalue weighted by Crippen LogP contribution is 2.60. The van der Waals surface area contributed by atoms with Gasteiger partial charge in [-0.25, -0.2) is 33.3 Å². The number of hydrogen-bond donors (Lipinski definition) is 6. The summed E-state index contributed by atoms with van der Waals surface area (Å²) in [6.07, 6.45) is -0.627. The summed E-state index contributed by atoms with van der Waals surface area (Å²) >= 11 is 0. The number of aliphatic hydroxyl groups excluding tert-OH is 1. The number of aliphatic imine (C=N–C) groups is 1. The molecule has 3 amide bonds. The molecule has 23 heteroatoms. The summed E-state index contributed by atoms with van der Waals surface area (Å²) in [7, 11) is 2.43. The number of amides is 3. The molecule has 0 saturated heterocycles. The van der Waals surface area contributed by atoms with Crippen molar-refractivity contribution < 1.29 is 70.4 Å². The number of rotatable bonds is 8. The van der Waals surface area contributed by atoms with Crippen LogP contribution in [0.1, 0.15) is 126 Å². The molecule has 83 heavy (non-hydrogen) atoms. The fourth-order valence-electron chi connectivity index (χ4n) is 12.3. The van der Waals surface area contributed by atoms with Gasteiger partial charge in [0.15, 0.2) is 47.4 Å². The number of aromatic nitrogens is 2. The second kappa shape index (κ2) is 20.5. The Morgan fingerprint density at radius 2 is 1.22 bits per heavy atom. The van der Waals surface area contributed by atoms with E-state index in [9.17, 15) is 37.9 Å². The van der Waals surface area contributed by atoms with Crippen molar-refractivity contribution in [2.75, 3.05) is 38.1 Å². The van der Waals surface area contributed by atoms with E-state index >= 15 is 0 Å². The number of ether oxygens (including phenoxy) is 5. The monoisotopic (exact) mass is 1140 g/mol. The van der Waals surface area contributed by atoms with Gasteiger partial charge in [-0.05, 0) is 84.3 Å². The minimum absolute atomic E-state index is 0.0252. The Morgan fingerprint density at radius 1 is 0.699 bits per heavy atom. The van der Waals surface area contributed by atoms with E-state index in [0.717, 1.165) is 23.8 Å². The van der Waals surface area contributed by atoms with Gasteiger partial charge in [0, 0.05) is 45.5 Å². The van der Waals surface area contributed by atoms with Gasteiger partial charge < -0.3 is 64.2 Å². The van der Waals surface area contributed by atoms with E-state index < -0.39 is 89.5 Å². The largest absolute Gasteiger partial charge is 0.473 e. The van der Waals surface area contributed by atoms with Gasteiger partial charge in [0.25, 0.3) is 5.91 Å². The molecule has 10 atom stereocenters. The number of aliphatic hydroxyl groups is 1. The number of benzene rings is 4. The first-order valence-electron chi connectivity index (χ1n) is 27.4. The topological polar surface area (TPSA) is 276 Å². The lowest BCUT2D eigenvalue weighted by Crippen LogP contribution is -2.46. The number of fused-ring (bicyclic) bond motifs is 8. The van der Waals surface area contributed by atoms with Gasteiger partial charge in [-0.2, -0.15) is 0 Å². The molecule has 6 aromatic rings. The number of carbonyl (C=O) groups is 5. The Morgan fingerprint density at radius 3 is 1.72 bits per heavy atom. The number of nitrogens with one attached hydrogen (secondary N) is 5. The van der Waals surface area contributed by atoms with Crippen LogP contribution in [0.25, 0.3) is 0 Å². The first-order chi connectivity index (χ1) is 39.8. The van der Waals surface area contributed by atoms with Crippen LogP contribution in [0.15, 0.2) is 86.6 Å². The van der Waals surface area contributed by atoms with Crippen LogP contribution in [0.3, 0.4) is 0 Å². The minimum atomic E-state index is -1.38. The van der Waals surface area contributed by atoms with Crippen LogP contribution in [0.2, 0.25) is 0 Å². The van der Waals surface area contributed by atoms with Crippen LogP contribution in [-0.2, 0) is 57.1 Å². The average Bonchev–Trinajstić information content (AvgIpc) is 1.57. The maximum absolute atomic E-state index is 14.9. The van der Waals surface area contributed by atoms with Crippen LogP contribution in [0.4, 0.5) is 20.2 Å². The number of oxazole rings is 2. The molecule has 0 radical (unpaired) electrons. The van der Waals surface area contributed by atoms with E-state index in [1.807, 2.05) is 71.9 Å². The molecule has 7 aliphatic heterocycles. The standard InChI is InChI=1S/C30H31FN4O7.C30H29FN4O6/c1-13(2)22-27-35-23(26(38)32-20(12-36)28(39)40-4)24(42-27)30-17-11-16(31)6-7-19(17)33-29(30)41-21-8-5-15(10-18(21)30)9-14(3)25(37)34-22;1-13(2)22-27-35-23(26-32-20(12-39-26)28(37)38-4)24(41-27)30-17-11-16(31)6-7-19(17)33-29(30)40-21-8-5-15(10-18(21)30)9-14(3)25(36)34-22/h5-8,10-11,13-14,20,22,29,33,36H,9,12H2,1-4H3,(H,32,38)(H,34,37);5-8,10-11,13-14,20,22,29,33H,9,12H2,1-4H3,(H,34,36)/t14-,20-,22-,29+,30-;14-,20?,22-,29+,30-/m00/s1. The van der Waals surface area contributed by atoms with Crippen LogP contribution < -0.4 is 36.1 Å². The molecule has 21 nitrogen and oxygen atoms in total. The summed E-state index contributed by atoms with van der Waals surface area (Å²) in [5.41, 5.74) is 2.98. The van der Waals surface area contributed by atoms with Crippen molar-refractivity contribution in [1.82, 2.24) is 25.9 Å². The second-order valence-electron chi connectivity index (χ2n) is 22.6. The predicted molar refractivity (Wildman–Crippen MR) is 290 cm³/mol. The van der Waals surface area contributed by atoms with Crippen molar-refractivity contribution in [2.45, 2.75) is 102 Å². The zero-order valence-corrected chi connectivity index (χ0v) is 46.5. The first-order valence-corrected chi connectivity index (χ1v) is 27.4. The van der Waals surface area contributed by atoms with Gasteiger partial charge in [0.2, 0.25) is 29.5 Å². The molecule has 0 fully saturated rings. The minimum Gasteiger partial charge on any atom is -0.473 e. The summed E-state index contributed by atoms with van der Waals surface area (Å²) in [5.74, 6) is -2.65. The summed E-state index contributed by atoms with van der Waals surface area (Å²) < 4.78 is 71.4. The molecule has 6 N–H and O–H groups in total. The molecular formula is C60H60F2N8O13. The SMILES string of the molecule is COC(=O)C1COC(c2nc3oc2[C@@]24c5cc(F)ccc5N[C@@H]2Oc2ccc(cc24)C[C@H](C)C(=O)N[C@H]3C(C)C)=N1.COC(=O)[C@H](CO)NC(=O)c1nc2oc1[C@@]13c4cc(F)ccc4N[C@@H]1Oc1ccc(cc13)C[C@H](C)C(=O)N[C@H]2C(C)C. The fraction of sp³-hybridized carbons (Fsp3) is 0.400. The van der Waals surface area contributed by atoms with E-state index in [0.29, 0.717) is 58.2 Å². The van der Waals surface area contributed by atoms with Gasteiger partial charge in [-0.3, -0.25) is 14.4 Å². The normalized spacial score (nSPS) is 25.8. The van der Waals surface area contributed by atoms with Crippen LogP contribution in [-0.4, -0.2) is 103 Å². The predicted octanol–water partition coefficient (Wildman–Crippen LogP) is 6.18. The molecular weight excluding hydrogens is 1080 g/mol. The number of hydrogen-bond acceptors (Lipinski definition) is 18. The lowest BCUT2D eigenvalue weighted by Gasteiger charge is -2.28. The van der Waals surface area contributed by atoms with Crippen LogP contribution in [0.5, 0.6) is 11.5 Å². The van der Waals surface area contributed by atoms with Crippen molar-refractivity contribution in [3.8, 4) is 11.5 Å². The fourth-order valence-corrected chi connectivity index (χ4v) is 12.3. The number of halogens is 2. The highest BCUT2D eigenvalue weighted by Gasteiger charge is 2.63. The Balaban J connectivity index is 0.000000164. The molecule has 2 spiro atoms. The summed E-state index contributed by atoms with van der Waals surface area (Å²) in [5, 5.41) is 25.1. The van der Waals surface area contributed by atoms with Crippen LogP contribution >= 0.6 is 0 Å². The van der Waals surface area contributed by atoms with Crippen molar-refractivity contribution in [1.29, 1.82) is 0 Å². The van der Waals surface area contributed by atoms with Crippen molar-refractivity contribution in [3.63, 3.8) is 0 Å². The van der Waals surface area contributed by atoms with Gasteiger partial charge in [-0.1, -0.05) is 65.8 Å². The van der Waals surface area contributed by atoms with E-state index in [1.54, 1.807) is 18.2 Å². The van der Waals surface area contributed by atoms with Gasteiger partial charge in [0.1, 0.15) is 52.7 Å². The molecule has 2 aromatic heterocycles. The zero-order chi connectivity index (χ0) is 58.6. The summed E-state index contributed by atoms with van der Waals surface area (Å²) in [4.78, 5) is 79.0. The molecule has 4 aromatic carbocycles. The Bertz CT molecular complexity index is 3710. The number of methoxy groups -OCH3 is 2. The lowest BCUT2D eigenvalue weighted by molar-refractivity contribution is -0.144. The third-order valence-corrected chi connectivity index (χ3v) is 16.6. The van der Waals surface area contributed by atoms with E-state index in [4.69, 9.17) is 37.5 Å². The number of esters is 2. The highest BCUT2D eigenvalue weighted by atomic mass is 19.1. The molecule has 1 unspecified atom stereocenters. The highest BCUT2D eigenvalue weighted by molar-refractivity contribution is 5.99. The second-order valence-corrected chi connectivity index (χ2v) is 22.6. The molecule has 0 aliphatic carbocycles. The molecule has 8 bridgehead atoms. The molecule has 432 valence electrons. The third kappa shape index (κ3) is 8.71. The third-order valence-electron chi connectivity index (χ3n) is 16.6. The lowest BCUT2D eigenvalue weighted by atomic mass is 9.72. The van der Waals surface area contributed by atoms with Gasteiger partial charge in [-0.15, -0.1) is 0 Å². The van der Waals surface area contributed by atoms with Crippen molar-refractivity contribution in [2.24, 2.45) is 28.7 Å². The average molecular weight is 1140 g/mol.